The molecule has 0 heterocycles. The summed E-state index contributed by atoms with van der Waals surface area (Å²) in [7, 11) is 0. The maximum absolute atomic E-state index is 11.3. The Morgan fingerprint density at radius 1 is 1.14 bits per heavy atom. The van der Waals surface area contributed by atoms with E-state index in [9.17, 15) is 10.1 Å². The van der Waals surface area contributed by atoms with Crippen LogP contribution in [0.3, 0.4) is 0 Å². The van der Waals surface area contributed by atoms with Crippen LogP contribution in [-0.2, 0) is 0 Å². The number of hydrogen-bond acceptors (Lipinski definition) is 5. The lowest BCUT2D eigenvalue weighted by Crippen LogP contribution is -2.01. The second kappa shape index (κ2) is 6.60. The third-order valence-corrected chi connectivity index (χ3v) is 2.71. The number of rotatable bonds is 6. The van der Waals surface area contributed by atoms with Crippen molar-refractivity contribution in [1.29, 1.82) is 0 Å². The van der Waals surface area contributed by atoms with Gasteiger partial charge in [0.25, 0.3) is 0 Å². The van der Waals surface area contributed by atoms with Crippen molar-refractivity contribution < 1.29 is 14.4 Å². The predicted molar refractivity (Wildman–Crippen MR) is 79.8 cm³/mol. The summed E-state index contributed by atoms with van der Waals surface area (Å²) in [4.78, 5) is 10.8. The lowest BCUT2D eigenvalue weighted by Gasteiger charge is -2.10. The number of nitrogens with two attached hydrogens (primary N) is 1. The molecule has 0 fully saturated rings. The van der Waals surface area contributed by atoms with Gasteiger partial charge in [0.05, 0.1) is 11.5 Å². The summed E-state index contributed by atoms with van der Waals surface area (Å²) in [5, 5.41) is 11.3. The van der Waals surface area contributed by atoms with Crippen molar-refractivity contribution in [3.8, 4) is 17.2 Å². The van der Waals surface area contributed by atoms with E-state index in [1.807, 2.05) is 6.92 Å². The van der Waals surface area contributed by atoms with Gasteiger partial charge in [0.2, 0.25) is 11.5 Å². The van der Waals surface area contributed by atoms with E-state index >= 15 is 0 Å². The van der Waals surface area contributed by atoms with E-state index in [1.165, 1.54) is 6.07 Å². The first kappa shape index (κ1) is 14.6. The number of anilines is 1. The molecule has 0 saturated carbocycles. The summed E-state index contributed by atoms with van der Waals surface area (Å²) in [5.74, 6) is 0.813. The summed E-state index contributed by atoms with van der Waals surface area (Å²) in [5.41, 5.74) is 6.01. The van der Waals surface area contributed by atoms with E-state index < -0.39 is 4.92 Å². The van der Waals surface area contributed by atoms with Gasteiger partial charge in [0, 0.05) is 5.69 Å². The number of para-hydroxylation sites is 1. The van der Waals surface area contributed by atoms with Gasteiger partial charge >= 0.3 is 5.69 Å². The molecule has 2 rings (SSSR count). The molecule has 0 aliphatic carbocycles. The summed E-state index contributed by atoms with van der Waals surface area (Å²) in [6, 6.07) is 11.4. The molecule has 2 aromatic carbocycles. The van der Waals surface area contributed by atoms with E-state index in [1.54, 1.807) is 36.4 Å². The van der Waals surface area contributed by atoms with Crippen molar-refractivity contribution in [3.05, 3.63) is 52.6 Å². The van der Waals surface area contributed by atoms with Crippen LogP contribution < -0.4 is 15.2 Å². The Kier molecular flexibility index (Phi) is 4.61. The van der Waals surface area contributed by atoms with Crippen molar-refractivity contribution in [2.24, 2.45) is 0 Å². The molecular weight excluding hydrogens is 272 g/mol. The van der Waals surface area contributed by atoms with Gasteiger partial charge in [-0.3, -0.25) is 10.1 Å². The third kappa shape index (κ3) is 3.62. The second-order valence-electron chi connectivity index (χ2n) is 4.38. The first-order chi connectivity index (χ1) is 10.1. The van der Waals surface area contributed by atoms with Crippen LogP contribution >= 0.6 is 0 Å². The van der Waals surface area contributed by atoms with Gasteiger partial charge in [-0.15, -0.1) is 0 Å². The Morgan fingerprint density at radius 2 is 1.81 bits per heavy atom. The molecule has 0 unspecified atom stereocenters. The highest BCUT2D eigenvalue weighted by Gasteiger charge is 2.22. The minimum atomic E-state index is -0.502. The van der Waals surface area contributed by atoms with Crippen molar-refractivity contribution in [2.45, 2.75) is 13.3 Å². The van der Waals surface area contributed by atoms with Crippen LogP contribution in [0.15, 0.2) is 42.5 Å². The highest BCUT2D eigenvalue weighted by molar-refractivity contribution is 5.58. The number of nitrogen functional groups attached to an aromatic ring is 1. The Morgan fingerprint density at radius 3 is 2.43 bits per heavy atom. The Hall–Kier alpha value is -2.76. The van der Waals surface area contributed by atoms with Crippen LogP contribution in [0.4, 0.5) is 11.4 Å². The highest BCUT2D eigenvalue weighted by atomic mass is 16.6. The van der Waals surface area contributed by atoms with E-state index in [4.69, 9.17) is 15.2 Å². The van der Waals surface area contributed by atoms with Gasteiger partial charge in [-0.1, -0.05) is 13.0 Å². The molecule has 6 nitrogen and oxygen atoms in total. The molecule has 0 saturated heterocycles. The minimum absolute atomic E-state index is 0.137. The van der Waals surface area contributed by atoms with Crippen LogP contribution in [0.1, 0.15) is 13.3 Å². The predicted octanol–water partition coefficient (Wildman–Crippen LogP) is 3.76. The zero-order chi connectivity index (χ0) is 15.2. The van der Waals surface area contributed by atoms with Gasteiger partial charge in [0.15, 0.2) is 0 Å². The van der Waals surface area contributed by atoms with E-state index in [2.05, 4.69) is 0 Å². The van der Waals surface area contributed by atoms with Gasteiger partial charge < -0.3 is 15.2 Å². The molecule has 110 valence electrons. The minimum Gasteiger partial charge on any atom is -0.487 e. The molecule has 6 heteroatoms. The molecule has 0 atom stereocenters. The number of benzene rings is 2. The summed E-state index contributed by atoms with van der Waals surface area (Å²) in [6.45, 7) is 2.34. The van der Waals surface area contributed by atoms with Crippen molar-refractivity contribution in [1.82, 2.24) is 0 Å². The lowest BCUT2D eigenvalue weighted by molar-refractivity contribution is -0.386. The van der Waals surface area contributed by atoms with Gasteiger partial charge in [-0.2, -0.15) is 0 Å². The third-order valence-electron chi connectivity index (χ3n) is 2.71. The van der Waals surface area contributed by atoms with Crippen LogP contribution in [0.2, 0.25) is 0 Å². The molecule has 0 radical (unpaired) electrons. The molecule has 0 aliphatic rings. The van der Waals surface area contributed by atoms with Crippen LogP contribution in [-0.4, -0.2) is 11.5 Å². The Balaban J connectivity index is 2.33. The maximum atomic E-state index is 11.3. The first-order valence-corrected chi connectivity index (χ1v) is 6.55. The normalized spacial score (nSPS) is 10.1. The SMILES string of the molecule is CCCOc1cccc(Oc2ccc(N)cc2)c1[N+](=O)[O-]. The summed E-state index contributed by atoms with van der Waals surface area (Å²) >= 11 is 0. The smallest absolute Gasteiger partial charge is 0.352 e. The van der Waals surface area contributed by atoms with Gasteiger partial charge in [0.1, 0.15) is 5.75 Å². The maximum Gasteiger partial charge on any atom is 0.352 e. The van der Waals surface area contributed by atoms with Gasteiger partial charge in [-0.25, -0.2) is 0 Å². The monoisotopic (exact) mass is 288 g/mol. The number of hydrogen-bond donors (Lipinski definition) is 1. The Bertz CT molecular complexity index is 626. The summed E-state index contributed by atoms with van der Waals surface area (Å²) < 4.78 is 11.0. The largest absolute Gasteiger partial charge is 0.487 e. The van der Waals surface area contributed by atoms with E-state index in [-0.39, 0.29) is 17.2 Å². The molecule has 2 N–H and O–H groups in total. The van der Waals surface area contributed by atoms with Crippen molar-refractivity contribution in [3.63, 3.8) is 0 Å². The van der Waals surface area contributed by atoms with Crippen LogP contribution in [0.5, 0.6) is 17.2 Å². The Labute approximate surface area is 122 Å². The average molecular weight is 288 g/mol. The topological polar surface area (TPSA) is 87.6 Å². The molecule has 0 spiro atoms. The highest BCUT2D eigenvalue weighted by Crippen LogP contribution is 2.39. The quantitative estimate of drug-likeness (QED) is 0.496. The number of nitro groups is 1. The standard InChI is InChI=1S/C15H16N2O4/c1-2-10-20-13-4-3-5-14(15(13)17(18)19)21-12-8-6-11(16)7-9-12/h3-9H,2,10,16H2,1H3. The molecule has 0 aliphatic heterocycles. The second-order valence-corrected chi connectivity index (χ2v) is 4.38. The zero-order valence-corrected chi connectivity index (χ0v) is 11.6. The fraction of sp³-hybridized carbons (Fsp3) is 0.200. The average Bonchev–Trinajstić information content (AvgIpc) is 2.47. The van der Waals surface area contributed by atoms with Crippen LogP contribution in [0, 0.1) is 10.1 Å². The van der Waals surface area contributed by atoms with Crippen molar-refractivity contribution >= 4 is 11.4 Å². The van der Waals surface area contributed by atoms with Crippen molar-refractivity contribution in [2.75, 3.05) is 12.3 Å². The number of nitrogens with zero attached hydrogens (tertiary/aromatic N) is 1. The number of nitro benzene ring substituents is 1. The molecule has 0 amide bonds. The van der Waals surface area contributed by atoms with Crippen LogP contribution in [0.25, 0.3) is 0 Å². The molecule has 2 aromatic rings. The fourth-order valence-corrected chi connectivity index (χ4v) is 1.76. The molecule has 0 aromatic heterocycles. The zero-order valence-electron chi connectivity index (χ0n) is 11.6. The fourth-order valence-electron chi connectivity index (χ4n) is 1.76. The first-order valence-electron chi connectivity index (χ1n) is 6.55. The molecule has 21 heavy (non-hydrogen) atoms. The van der Waals surface area contributed by atoms with E-state index in [0.717, 1.165) is 6.42 Å². The van der Waals surface area contributed by atoms with E-state index in [0.29, 0.717) is 18.0 Å². The summed E-state index contributed by atoms with van der Waals surface area (Å²) in [6.07, 6.45) is 0.764. The lowest BCUT2D eigenvalue weighted by atomic mass is 10.2. The molecule has 0 bridgehead atoms. The molecular formula is C15H16N2O4. The van der Waals surface area contributed by atoms with Gasteiger partial charge in [-0.05, 0) is 42.8 Å². The number of ether oxygens (including phenoxy) is 2.